The molecule has 21 heavy (non-hydrogen) atoms. The van der Waals surface area contributed by atoms with Crippen LogP contribution in [0.5, 0.6) is 0 Å². The number of aromatic amines is 1. The van der Waals surface area contributed by atoms with Crippen LogP contribution in [0.1, 0.15) is 37.7 Å². The highest BCUT2D eigenvalue weighted by molar-refractivity contribution is 5.93. The van der Waals surface area contributed by atoms with E-state index in [2.05, 4.69) is 60.2 Å². The molecule has 1 aromatic carbocycles. The highest BCUT2D eigenvalue weighted by Gasteiger charge is 2.24. The van der Waals surface area contributed by atoms with Gasteiger partial charge in [-0.2, -0.15) is 5.10 Å². The Labute approximate surface area is 125 Å². The number of rotatable bonds is 3. The molecule has 0 saturated carbocycles. The normalized spacial score (nSPS) is 18.4. The molecule has 2 aromatic rings. The molecule has 1 aliphatic heterocycles. The standard InChI is InChI=1S/C17H21N3O/c1-17(2,3)15-10-14(19-20-15)16-18-13(11-21-16)9-12-7-5-4-6-8-12/h4-8,10,13H,9,11H2,1-3H3,(H,19,20)/t13-/m0/s1. The molecule has 2 heterocycles. The van der Waals surface area contributed by atoms with Gasteiger partial charge in [0.25, 0.3) is 0 Å². The van der Waals surface area contributed by atoms with Gasteiger partial charge in [-0.3, -0.25) is 5.10 Å². The van der Waals surface area contributed by atoms with Crippen molar-refractivity contribution in [3.05, 3.63) is 53.3 Å². The van der Waals surface area contributed by atoms with Crippen molar-refractivity contribution in [1.29, 1.82) is 0 Å². The third-order valence-corrected chi connectivity index (χ3v) is 3.63. The Morgan fingerprint density at radius 2 is 2.00 bits per heavy atom. The number of benzene rings is 1. The summed E-state index contributed by atoms with van der Waals surface area (Å²) in [6, 6.07) is 12.6. The average molecular weight is 283 g/mol. The molecule has 4 nitrogen and oxygen atoms in total. The zero-order valence-corrected chi connectivity index (χ0v) is 12.8. The first-order valence-corrected chi connectivity index (χ1v) is 7.33. The van der Waals surface area contributed by atoms with Crippen LogP contribution in [0.2, 0.25) is 0 Å². The van der Waals surface area contributed by atoms with Gasteiger partial charge in [0, 0.05) is 11.1 Å². The molecule has 0 aliphatic carbocycles. The molecule has 0 amide bonds. The summed E-state index contributed by atoms with van der Waals surface area (Å²) in [5, 5.41) is 7.40. The van der Waals surface area contributed by atoms with E-state index in [4.69, 9.17) is 4.74 Å². The minimum Gasteiger partial charge on any atom is -0.474 e. The van der Waals surface area contributed by atoms with E-state index in [-0.39, 0.29) is 11.5 Å². The van der Waals surface area contributed by atoms with E-state index < -0.39 is 0 Å². The minimum absolute atomic E-state index is 0.0495. The van der Waals surface area contributed by atoms with E-state index in [1.165, 1.54) is 5.56 Å². The number of hydrogen-bond donors (Lipinski definition) is 1. The fourth-order valence-corrected chi connectivity index (χ4v) is 2.36. The SMILES string of the molecule is CC(C)(C)c1cc(C2=N[C@@H](Cc3ccccc3)CO2)n[nH]1. The molecule has 0 spiro atoms. The fraction of sp³-hybridized carbons (Fsp3) is 0.412. The van der Waals surface area contributed by atoms with Gasteiger partial charge < -0.3 is 4.74 Å². The van der Waals surface area contributed by atoms with Gasteiger partial charge in [-0.05, 0) is 18.1 Å². The summed E-state index contributed by atoms with van der Waals surface area (Å²) in [7, 11) is 0. The number of H-pyrrole nitrogens is 1. The van der Waals surface area contributed by atoms with Crippen LogP contribution >= 0.6 is 0 Å². The Morgan fingerprint density at radius 1 is 1.24 bits per heavy atom. The predicted octanol–water partition coefficient (Wildman–Crippen LogP) is 3.10. The number of ether oxygens (including phenoxy) is 1. The molecule has 1 N–H and O–H groups in total. The number of nitrogens with one attached hydrogen (secondary N) is 1. The van der Waals surface area contributed by atoms with Gasteiger partial charge >= 0.3 is 0 Å². The fourth-order valence-electron chi connectivity index (χ4n) is 2.36. The first-order valence-electron chi connectivity index (χ1n) is 7.33. The van der Waals surface area contributed by atoms with Crippen molar-refractivity contribution in [2.45, 2.75) is 38.6 Å². The van der Waals surface area contributed by atoms with Crippen molar-refractivity contribution in [1.82, 2.24) is 10.2 Å². The summed E-state index contributed by atoms with van der Waals surface area (Å²) in [6.07, 6.45) is 0.904. The van der Waals surface area contributed by atoms with Crippen LogP contribution in [0.25, 0.3) is 0 Å². The number of aromatic nitrogens is 2. The van der Waals surface area contributed by atoms with Gasteiger partial charge in [0.2, 0.25) is 5.90 Å². The van der Waals surface area contributed by atoms with Crippen molar-refractivity contribution in [2.24, 2.45) is 4.99 Å². The molecule has 0 radical (unpaired) electrons. The molecule has 0 fully saturated rings. The van der Waals surface area contributed by atoms with Gasteiger partial charge in [-0.15, -0.1) is 0 Å². The van der Waals surface area contributed by atoms with Crippen LogP contribution in [0, 0.1) is 0 Å². The molecular formula is C17H21N3O. The van der Waals surface area contributed by atoms with Gasteiger partial charge in [0.15, 0.2) is 0 Å². The lowest BCUT2D eigenvalue weighted by molar-refractivity contribution is 0.316. The third kappa shape index (κ3) is 3.15. The summed E-state index contributed by atoms with van der Waals surface area (Å²) in [6.45, 7) is 7.08. The maximum Gasteiger partial charge on any atom is 0.237 e. The Balaban J connectivity index is 1.72. The second kappa shape index (κ2) is 5.35. The summed E-state index contributed by atoms with van der Waals surface area (Å²) >= 11 is 0. The smallest absolute Gasteiger partial charge is 0.237 e. The zero-order chi connectivity index (χ0) is 14.9. The molecule has 1 atom stereocenters. The molecule has 0 bridgehead atoms. The van der Waals surface area contributed by atoms with E-state index in [9.17, 15) is 0 Å². The second-order valence-electron chi connectivity index (χ2n) is 6.51. The first-order chi connectivity index (χ1) is 10.0. The van der Waals surface area contributed by atoms with E-state index in [0.717, 1.165) is 17.8 Å². The molecule has 1 aromatic heterocycles. The Bertz CT molecular complexity index is 638. The molecule has 3 rings (SSSR count). The van der Waals surface area contributed by atoms with Gasteiger partial charge in [-0.25, -0.2) is 4.99 Å². The molecular weight excluding hydrogens is 262 g/mol. The molecule has 0 unspecified atom stereocenters. The molecule has 4 heteroatoms. The monoisotopic (exact) mass is 283 g/mol. The van der Waals surface area contributed by atoms with Crippen LogP contribution in [0.4, 0.5) is 0 Å². The largest absolute Gasteiger partial charge is 0.474 e. The number of aliphatic imine (C=N–C) groups is 1. The van der Waals surface area contributed by atoms with Crippen molar-refractivity contribution in [2.75, 3.05) is 6.61 Å². The maximum absolute atomic E-state index is 5.72. The maximum atomic E-state index is 5.72. The third-order valence-electron chi connectivity index (χ3n) is 3.63. The van der Waals surface area contributed by atoms with Crippen molar-refractivity contribution < 1.29 is 4.74 Å². The van der Waals surface area contributed by atoms with Gasteiger partial charge in [0.1, 0.15) is 12.3 Å². The van der Waals surface area contributed by atoms with Gasteiger partial charge in [-0.1, -0.05) is 51.1 Å². The lowest BCUT2D eigenvalue weighted by Crippen LogP contribution is -2.11. The highest BCUT2D eigenvalue weighted by Crippen LogP contribution is 2.22. The van der Waals surface area contributed by atoms with Crippen molar-refractivity contribution >= 4 is 5.90 Å². The van der Waals surface area contributed by atoms with Gasteiger partial charge in [0.05, 0.1) is 6.04 Å². The van der Waals surface area contributed by atoms with Crippen molar-refractivity contribution in [3.63, 3.8) is 0 Å². The zero-order valence-electron chi connectivity index (χ0n) is 12.8. The summed E-state index contributed by atoms with van der Waals surface area (Å²) < 4.78 is 5.72. The Hall–Kier alpha value is -2.10. The van der Waals surface area contributed by atoms with E-state index in [1.807, 2.05) is 12.1 Å². The summed E-state index contributed by atoms with van der Waals surface area (Å²) in [5.74, 6) is 0.655. The quantitative estimate of drug-likeness (QED) is 0.941. The van der Waals surface area contributed by atoms with Crippen LogP contribution in [-0.2, 0) is 16.6 Å². The lowest BCUT2D eigenvalue weighted by Gasteiger charge is -2.14. The lowest BCUT2D eigenvalue weighted by atomic mass is 9.92. The average Bonchev–Trinajstić information content (AvgIpc) is 3.07. The molecule has 1 aliphatic rings. The Morgan fingerprint density at radius 3 is 2.67 bits per heavy atom. The van der Waals surface area contributed by atoms with Crippen LogP contribution < -0.4 is 0 Å². The van der Waals surface area contributed by atoms with E-state index in [1.54, 1.807) is 0 Å². The molecule has 0 saturated heterocycles. The topological polar surface area (TPSA) is 50.3 Å². The van der Waals surface area contributed by atoms with Crippen LogP contribution in [-0.4, -0.2) is 28.7 Å². The van der Waals surface area contributed by atoms with Crippen LogP contribution in [0.15, 0.2) is 41.4 Å². The van der Waals surface area contributed by atoms with E-state index in [0.29, 0.717) is 12.5 Å². The first kappa shape index (κ1) is 13.9. The second-order valence-corrected chi connectivity index (χ2v) is 6.51. The highest BCUT2D eigenvalue weighted by atomic mass is 16.5. The Kier molecular flexibility index (Phi) is 3.53. The van der Waals surface area contributed by atoms with E-state index >= 15 is 0 Å². The summed E-state index contributed by atoms with van der Waals surface area (Å²) in [4.78, 5) is 4.66. The summed E-state index contributed by atoms with van der Waals surface area (Å²) in [5.41, 5.74) is 3.23. The molecule has 110 valence electrons. The van der Waals surface area contributed by atoms with Crippen LogP contribution in [0.3, 0.4) is 0 Å². The minimum atomic E-state index is 0.0495. The number of hydrogen-bond acceptors (Lipinski definition) is 3. The predicted molar refractivity (Wildman–Crippen MR) is 83.7 cm³/mol. The van der Waals surface area contributed by atoms with Crippen molar-refractivity contribution in [3.8, 4) is 0 Å². The number of nitrogens with zero attached hydrogens (tertiary/aromatic N) is 2.